The molecule has 0 bridgehead atoms. The Labute approximate surface area is 124 Å². The van der Waals surface area contributed by atoms with Gasteiger partial charge in [-0.25, -0.2) is 0 Å². The molecule has 0 radical (unpaired) electrons. The molecule has 0 aliphatic carbocycles. The van der Waals surface area contributed by atoms with E-state index >= 15 is 0 Å². The third-order valence-corrected chi connectivity index (χ3v) is 3.13. The Balaban J connectivity index is 5.14. The summed E-state index contributed by atoms with van der Waals surface area (Å²) in [6.07, 6.45) is -2.50. The number of aliphatic hydroxyl groups excluding tert-OH is 2. The monoisotopic (exact) mass is 332 g/mol. The number of aliphatic hydroxyl groups is 2. The van der Waals surface area contributed by atoms with Crippen LogP contribution in [-0.2, 0) is 9.59 Å². The largest absolute Gasteiger partial charge is 0.395 e. The first-order valence-electron chi connectivity index (χ1n) is 6.48. The Morgan fingerprint density at radius 3 is 1.18 bits per heavy atom. The minimum atomic E-state index is -5.32. The van der Waals surface area contributed by atoms with Crippen molar-refractivity contribution in [2.75, 3.05) is 0 Å². The van der Waals surface area contributed by atoms with Crippen LogP contribution in [0.3, 0.4) is 0 Å². The van der Waals surface area contributed by atoms with Crippen LogP contribution in [0.1, 0.15) is 27.7 Å². The van der Waals surface area contributed by atoms with Crippen molar-refractivity contribution in [3.8, 4) is 0 Å². The van der Waals surface area contributed by atoms with E-state index < -0.39 is 48.0 Å². The van der Waals surface area contributed by atoms with Gasteiger partial charge in [0.25, 0.3) is 11.8 Å². The number of nitrogens with one attached hydrogen (secondary N) is 2. The summed E-state index contributed by atoms with van der Waals surface area (Å²) in [5.74, 6) is -15.4. The molecule has 0 aromatic heterocycles. The second-order valence-electron chi connectivity index (χ2n) is 5.15. The summed E-state index contributed by atoms with van der Waals surface area (Å²) in [6.45, 7) is 4.59. The molecule has 0 heterocycles. The lowest BCUT2D eigenvalue weighted by atomic mass is 10.1. The van der Waals surface area contributed by atoms with E-state index in [1.54, 1.807) is 0 Å². The predicted molar refractivity (Wildman–Crippen MR) is 68.5 cm³/mol. The fourth-order valence-electron chi connectivity index (χ4n) is 1.12. The smallest absolute Gasteiger partial charge is 0.391 e. The van der Waals surface area contributed by atoms with Gasteiger partial charge in [0, 0.05) is 0 Å². The molecule has 0 aromatic carbocycles. The summed E-state index contributed by atoms with van der Waals surface area (Å²) in [6, 6.07) is -2.43. The van der Waals surface area contributed by atoms with Gasteiger partial charge >= 0.3 is 11.8 Å². The van der Waals surface area contributed by atoms with E-state index in [0.717, 1.165) is 27.7 Å². The standard InChI is InChI=1S/C12H20F4N2O4/c1-5(7(3)19)17-9(21)11(13,14)12(15,16)10(22)18-6(2)8(4)20/h5-8,19-20H,1-4H3,(H,17,21)(H,18,22)/t5-,6+,7-,8-/m0/s1. The third kappa shape index (κ3) is 4.54. The van der Waals surface area contributed by atoms with Gasteiger partial charge in [-0.2, -0.15) is 17.6 Å². The van der Waals surface area contributed by atoms with Crippen LogP contribution in [0.5, 0.6) is 0 Å². The first-order valence-corrected chi connectivity index (χ1v) is 6.48. The number of hydrogen-bond acceptors (Lipinski definition) is 4. The molecular weight excluding hydrogens is 312 g/mol. The van der Waals surface area contributed by atoms with Crippen LogP contribution < -0.4 is 10.6 Å². The molecular formula is C12H20F4N2O4. The first kappa shape index (κ1) is 20.6. The molecule has 0 aromatic rings. The summed E-state index contributed by atoms with van der Waals surface area (Å²) < 4.78 is 54.2. The summed E-state index contributed by atoms with van der Waals surface area (Å²) in [5, 5.41) is 21.2. The van der Waals surface area contributed by atoms with Crippen LogP contribution in [-0.4, -0.2) is 58.2 Å². The Morgan fingerprint density at radius 1 is 0.773 bits per heavy atom. The minimum absolute atomic E-state index is 1.13. The minimum Gasteiger partial charge on any atom is -0.391 e. The van der Waals surface area contributed by atoms with Gasteiger partial charge < -0.3 is 20.8 Å². The second kappa shape index (κ2) is 7.23. The van der Waals surface area contributed by atoms with Gasteiger partial charge in [0.2, 0.25) is 0 Å². The molecule has 6 nitrogen and oxygen atoms in total. The average Bonchev–Trinajstić information content (AvgIpc) is 2.37. The van der Waals surface area contributed by atoms with E-state index in [4.69, 9.17) is 10.2 Å². The number of halogens is 4. The van der Waals surface area contributed by atoms with Crippen molar-refractivity contribution in [3.63, 3.8) is 0 Å². The maximum absolute atomic E-state index is 13.6. The molecule has 0 saturated carbocycles. The van der Waals surface area contributed by atoms with E-state index in [2.05, 4.69) is 0 Å². The maximum Gasteiger partial charge on any atom is 0.395 e. The summed E-state index contributed by atoms with van der Waals surface area (Å²) >= 11 is 0. The van der Waals surface area contributed by atoms with Crippen LogP contribution in [0.4, 0.5) is 17.6 Å². The molecule has 22 heavy (non-hydrogen) atoms. The Hall–Kier alpha value is -1.42. The second-order valence-corrected chi connectivity index (χ2v) is 5.15. The molecule has 0 rings (SSSR count). The highest BCUT2D eigenvalue weighted by atomic mass is 19.3. The predicted octanol–water partition coefficient (Wildman–Crippen LogP) is 0.0280. The van der Waals surface area contributed by atoms with Crippen LogP contribution >= 0.6 is 0 Å². The van der Waals surface area contributed by atoms with Crippen molar-refractivity contribution in [2.24, 2.45) is 0 Å². The average molecular weight is 332 g/mol. The molecule has 0 fully saturated rings. The molecule has 10 heteroatoms. The lowest BCUT2D eigenvalue weighted by Crippen LogP contribution is -2.62. The van der Waals surface area contributed by atoms with E-state index in [0.29, 0.717) is 0 Å². The Bertz CT molecular complexity index is 378. The zero-order valence-corrected chi connectivity index (χ0v) is 12.5. The summed E-state index contributed by atoms with van der Waals surface area (Å²) in [4.78, 5) is 22.5. The van der Waals surface area contributed by atoms with Crippen LogP contribution in [0.15, 0.2) is 0 Å². The SMILES string of the molecule is C[C@H](O)[C@H](C)NC(=O)C(F)(F)C(F)(F)C(=O)N[C@H](C)[C@H](C)O. The van der Waals surface area contributed by atoms with Crippen LogP contribution in [0.25, 0.3) is 0 Å². The van der Waals surface area contributed by atoms with E-state index in [1.165, 1.54) is 10.6 Å². The van der Waals surface area contributed by atoms with E-state index in [9.17, 15) is 27.2 Å². The highest BCUT2D eigenvalue weighted by Gasteiger charge is 2.67. The molecule has 130 valence electrons. The van der Waals surface area contributed by atoms with Crippen molar-refractivity contribution in [1.29, 1.82) is 0 Å². The highest BCUT2D eigenvalue weighted by Crippen LogP contribution is 2.35. The molecule has 2 amide bonds. The summed E-state index contributed by atoms with van der Waals surface area (Å²) in [7, 11) is 0. The van der Waals surface area contributed by atoms with Gasteiger partial charge in [0.15, 0.2) is 0 Å². The van der Waals surface area contributed by atoms with Crippen molar-refractivity contribution in [1.82, 2.24) is 10.6 Å². The van der Waals surface area contributed by atoms with Crippen molar-refractivity contribution in [2.45, 2.75) is 63.8 Å². The maximum atomic E-state index is 13.6. The van der Waals surface area contributed by atoms with Gasteiger partial charge in [-0.1, -0.05) is 0 Å². The number of carbonyl (C=O) groups is 2. The fourth-order valence-corrected chi connectivity index (χ4v) is 1.12. The van der Waals surface area contributed by atoms with E-state index in [1.807, 2.05) is 0 Å². The molecule has 0 spiro atoms. The number of hydrogen-bond donors (Lipinski definition) is 4. The Morgan fingerprint density at radius 2 is 1.00 bits per heavy atom. The quantitative estimate of drug-likeness (QED) is 0.494. The third-order valence-electron chi connectivity index (χ3n) is 3.13. The molecule has 0 saturated heterocycles. The van der Waals surface area contributed by atoms with Gasteiger partial charge in [-0.3, -0.25) is 9.59 Å². The Kier molecular flexibility index (Phi) is 6.76. The number of alkyl halides is 4. The number of carbonyl (C=O) groups excluding carboxylic acids is 2. The molecule has 0 aliphatic rings. The molecule has 4 N–H and O–H groups in total. The zero-order chi connectivity index (χ0) is 17.9. The molecule has 0 aliphatic heterocycles. The van der Waals surface area contributed by atoms with Crippen LogP contribution in [0.2, 0.25) is 0 Å². The lowest BCUT2D eigenvalue weighted by Gasteiger charge is -2.28. The first-order chi connectivity index (χ1) is 9.75. The van der Waals surface area contributed by atoms with Crippen molar-refractivity contribution < 1.29 is 37.4 Å². The van der Waals surface area contributed by atoms with Gasteiger partial charge in [0.1, 0.15) is 0 Å². The lowest BCUT2D eigenvalue weighted by molar-refractivity contribution is -0.212. The number of rotatable bonds is 7. The number of amides is 2. The van der Waals surface area contributed by atoms with E-state index in [-0.39, 0.29) is 0 Å². The fraction of sp³-hybridized carbons (Fsp3) is 0.833. The normalized spacial score (nSPS) is 18.1. The van der Waals surface area contributed by atoms with Gasteiger partial charge in [0.05, 0.1) is 24.3 Å². The molecule has 0 unspecified atom stereocenters. The van der Waals surface area contributed by atoms with Gasteiger partial charge in [-0.15, -0.1) is 0 Å². The van der Waals surface area contributed by atoms with Gasteiger partial charge in [-0.05, 0) is 27.7 Å². The van der Waals surface area contributed by atoms with Crippen molar-refractivity contribution >= 4 is 11.8 Å². The topological polar surface area (TPSA) is 98.7 Å². The zero-order valence-electron chi connectivity index (χ0n) is 12.5. The summed E-state index contributed by atoms with van der Waals surface area (Å²) in [5.41, 5.74) is 0. The van der Waals surface area contributed by atoms with Crippen LogP contribution in [0, 0.1) is 0 Å². The highest BCUT2D eigenvalue weighted by molar-refractivity contribution is 5.95. The van der Waals surface area contributed by atoms with Crippen molar-refractivity contribution in [3.05, 3.63) is 0 Å². The molecule has 4 atom stereocenters.